The highest BCUT2D eigenvalue weighted by atomic mass is 16.3. The van der Waals surface area contributed by atoms with Crippen LogP contribution in [-0.2, 0) is 0 Å². The first kappa shape index (κ1) is 6.61. The normalized spacial score (nSPS) is 9.92. The number of rotatable bonds is 0. The van der Waals surface area contributed by atoms with Crippen LogP contribution >= 0.6 is 0 Å². The molecule has 0 atom stereocenters. The van der Waals surface area contributed by atoms with E-state index in [-0.39, 0.29) is 11.3 Å². The molecule has 1 heterocycles. The third kappa shape index (κ3) is 0.720. The zero-order chi connectivity index (χ0) is 8.55. The van der Waals surface area contributed by atoms with E-state index in [9.17, 15) is 5.11 Å². The third-order valence-electron chi connectivity index (χ3n) is 1.58. The molecule has 5 heteroatoms. The van der Waals surface area contributed by atoms with Gasteiger partial charge in [0.25, 0.3) is 0 Å². The standard InChI is InChI=1S/C7H4N4O/c8-3-4-1-2-5-6(7(4)12)10-11-9-5/h1-2,12H,(H,9,10,11). The summed E-state index contributed by atoms with van der Waals surface area (Å²) in [5, 5.41) is 27.7. The van der Waals surface area contributed by atoms with E-state index in [1.165, 1.54) is 6.07 Å². The van der Waals surface area contributed by atoms with Crippen LogP contribution in [0.4, 0.5) is 0 Å². The maximum Gasteiger partial charge on any atom is 0.163 e. The molecule has 0 aliphatic heterocycles. The van der Waals surface area contributed by atoms with Gasteiger partial charge in [-0.2, -0.15) is 20.7 Å². The summed E-state index contributed by atoms with van der Waals surface area (Å²) in [6.45, 7) is 0. The SMILES string of the molecule is N#Cc1ccc2n[nH]nc2c1O. The fraction of sp³-hybridized carbons (Fsp3) is 0. The lowest BCUT2D eigenvalue weighted by atomic mass is 10.2. The molecule has 0 aliphatic carbocycles. The van der Waals surface area contributed by atoms with Gasteiger partial charge in [0.05, 0.1) is 5.56 Å². The maximum absolute atomic E-state index is 9.39. The number of aromatic amines is 1. The third-order valence-corrected chi connectivity index (χ3v) is 1.58. The molecule has 5 nitrogen and oxygen atoms in total. The van der Waals surface area contributed by atoms with Crippen molar-refractivity contribution in [2.45, 2.75) is 0 Å². The highest BCUT2D eigenvalue weighted by Crippen LogP contribution is 2.24. The minimum atomic E-state index is -0.122. The number of nitriles is 1. The van der Waals surface area contributed by atoms with E-state index in [1.54, 1.807) is 6.07 Å². The number of aromatic hydroxyl groups is 1. The highest BCUT2D eigenvalue weighted by Gasteiger charge is 2.07. The Hall–Kier alpha value is -2.09. The lowest BCUT2D eigenvalue weighted by molar-refractivity contribution is 0.478. The average Bonchev–Trinajstić information content (AvgIpc) is 2.53. The molecule has 0 saturated heterocycles. The predicted octanol–water partition coefficient (Wildman–Crippen LogP) is 0.535. The van der Waals surface area contributed by atoms with Gasteiger partial charge in [0.1, 0.15) is 11.6 Å². The zero-order valence-corrected chi connectivity index (χ0v) is 5.94. The van der Waals surface area contributed by atoms with Crippen molar-refractivity contribution in [1.82, 2.24) is 15.4 Å². The molecule has 1 aromatic carbocycles. The molecule has 0 fully saturated rings. The molecule has 0 unspecified atom stereocenters. The first-order valence-corrected chi connectivity index (χ1v) is 3.25. The first-order valence-electron chi connectivity index (χ1n) is 3.25. The summed E-state index contributed by atoms with van der Waals surface area (Å²) in [6.07, 6.45) is 0. The quantitative estimate of drug-likeness (QED) is 0.588. The molecule has 1 aromatic heterocycles. The van der Waals surface area contributed by atoms with E-state index in [4.69, 9.17) is 5.26 Å². The summed E-state index contributed by atoms with van der Waals surface area (Å²) in [4.78, 5) is 0. The molecule has 0 aliphatic rings. The molecule has 2 rings (SSSR count). The molecule has 58 valence electrons. The van der Waals surface area contributed by atoms with Crippen LogP contribution < -0.4 is 0 Å². The maximum atomic E-state index is 9.39. The van der Waals surface area contributed by atoms with Crippen molar-refractivity contribution in [1.29, 1.82) is 5.26 Å². The van der Waals surface area contributed by atoms with E-state index in [0.29, 0.717) is 11.0 Å². The van der Waals surface area contributed by atoms with Gasteiger partial charge in [-0.05, 0) is 12.1 Å². The van der Waals surface area contributed by atoms with Gasteiger partial charge in [-0.1, -0.05) is 0 Å². The van der Waals surface area contributed by atoms with Crippen LogP contribution in [0.3, 0.4) is 0 Å². The second kappa shape index (κ2) is 2.20. The van der Waals surface area contributed by atoms with Crippen molar-refractivity contribution in [3.63, 3.8) is 0 Å². The molecule has 0 saturated carbocycles. The summed E-state index contributed by atoms with van der Waals surface area (Å²) in [6, 6.07) is 4.97. The Labute approximate surface area is 67.3 Å². The molecular formula is C7H4N4O. The highest BCUT2D eigenvalue weighted by molar-refractivity contribution is 5.82. The summed E-state index contributed by atoms with van der Waals surface area (Å²) in [5.74, 6) is -0.122. The Morgan fingerprint density at radius 2 is 2.25 bits per heavy atom. The van der Waals surface area contributed by atoms with Crippen molar-refractivity contribution in [2.24, 2.45) is 0 Å². The van der Waals surface area contributed by atoms with Gasteiger partial charge in [0.15, 0.2) is 11.3 Å². The van der Waals surface area contributed by atoms with Gasteiger partial charge in [0.2, 0.25) is 0 Å². The lowest BCUT2D eigenvalue weighted by Gasteiger charge is -1.93. The van der Waals surface area contributed by atoms with Crippen LogP contribution in [0.2, 0.25) is 0 Å². The Morgan fingerprint density at radius 3 is 3.00 bits per heavy atom. The van der Waals surface area contributed by atoms with Crippen LogP contribution in [0.5, 0.6) is 5.75 Å². The van der Waals surface area contributed by atoms with Crippen LogP contribution in [-0.4, -0.2) is 20.5 Å². The molecule has 0 radical (unpaired) electrons. The van der Waals surface area contributed by atoms with Crippen LogP contribution in [0.25, 0.3) is 11.0 Å². The zero-order valence-electron chi connectivity index (χ0n) is 5.94. The van der Waals surface area contributed by atoms with Crippen LogP contribution in [0.15, 0.2) is 12.1 Å². The van der Waals surface area contributed by atoms with Crippen molar-refractivity contribution in [2.75, 3.05) is 0 Å². The van der Waals surface area contributed by atoms with E-state index in [0.717, 1.165) is 0 Å². The Balaban J connectivity index is 2.89. The molecule has 0 bridgehead atoms. The number of benzene rings is 1. The molecule has 2 N–H and O–H groups in total. The summed E-state index contributed by atoms with van der Waals surface area (Å²) < 4.78 is 0. The second-order valence-electron chi connectivity index (χ2n) is 2.26. The summed E-state index contributed by atoms with van der Waals surface area (Å²) in [7, 11) is 0. The largest absolute Gasteiger partial charge is 0.504 e. The average molecular weight is 160 g/mol. The fourth-order valence-corrected chi connectivity index (χ4v) is 0.989. The van der Waals surface area contributed by atoms with E-state index in [1.807, 2.05) is 6.07 Å². The number of nitrogens with zero attached hydrogens (tertiary/aromatic N) is 3. The molecular weight excluding hydrogens is 156 g/mol. The first-order chi connectivity index (χ1) is 5.83. The van der Waals surface area contributed by atoms with Gasteiger partial charge >= 0.3 is 0 Å². The number of nitrogens with one attached hydrogen (secondary N) is 1. The number of phenolic OH excluding ortho intramolecular Hbond substituents is 1. The minimum Gasteiger partial charge on any atom is -0.504 e. The number of phenols is 1. The van der Waals surface area contributed by atoms with Crippen molar-refractivity contribution < 1.29 is 5.11 Å². The molecule has 2 aromatic rings. The summed E-state index contributed by atoms with van der Waals surface area (Å²) >= 11 is 0. The molecule has 0 amide bonds. The number of hydrogen-bond acceptors (Lipinski definition) is 4. The Kier molecular flexibility index (Phi) is 1.21. The van der Waals surface area contributed by atoms with Crippen LogP contribution in [0, 0.1) is 11.3 Å². The minimum absolute atomic E-state index is 0.122. The number of aromatic nitrogens is 3. The number of fused-ring (bicyclic) bond motifs is 1. The van der Waals surface area contributed by atoms with Gasteiger partial charge in [-0.3, -0.25) is 0 Å². The van der Waals surface area contributed by atoms with Crippen molar-refractivity contribution >= 4 is 11.0 Å². The predicted molar refractivity (Wildman–Crippen MR) is 40.3 cm³/mol. The fourth-order valence-electron chi connectivity index (χ4n) is 0.989. The molecule has 12 heavy (non-hydrogen) atoms. The number of H-pyrrole nitrogens is 1. The summed E-state index contributed by atoms with van der Waals surface area (Å²) in [5.41, 5.74) is 1.08. The molecule has 0 spiro atoms. The van der Waals surface area contributed by atoms with E-state index >= 15 is 0 Å². The van der Waals surface area contributed by atoms with E-state index in [2.05, 4.69) is 15.4 Å². The van der Waals surface area contributed by atoms with Gasteiger partial charge in [-0.25, -0.2) is 0 Å². The number of hydrogen-bond donors (Lipinski definition) is 2. The van der Waals surface area contributed by atoms with Crippen molar-refractivity contribution in [3.8, 4) is 11.8 Å². The topological polar surface area (TPSA) is 85.6 Å². The smallest absolute Gasteiger partial charge is 0.163 e. The Bertz CT molecular complexity index is 468. The van der Waals surface area contributed by atoms with Gasteiger partial charge in [0, 0.05) is 0 Å². The van der Waals surface area contributed by atoms with Crippen LogP contribution in [0.1, 0.15) is 5.56 Å². The van der Waals surface area contributed by atoms with E-state index < -0.39 is 0 Å². The lowest BCUT2D eigenvalue weighted by Crippen LogP contribution is -1.77. The second-order valence-corrected chi connectivity index (χ2v) is 2.26. The monoisotopic (exact) mass is 160 g/mol. The van der Waals surface area contributed by atoms with Gasteiger partial charge < -0.3 is 5.11 Å². The Morgan fingerprint density at radius 1 is 1.42 bits per heavy atom. The van der Waals surface area contributed by atoms with Crippen molar-refractivity contribution in [3.05, 3.63) is 17.7 Å². The van der Waals surface area contributed by atoms with Gasteiger partial charge in [-0.15, -0.1) is 0 Å².